The van der Waals surface area contributed by atoms with E-state index < -0.39 is 18.6 Å². The Labute approximate surface area is 254 Å². The highest BCUT2D eigenvalue weighted by Crippen LogP contribution is 2.36. The number of fused-ring (bicyclic) bond motifs is 1. The van der Waals surface area contributed by atoms with Crippen molar-refractivity contribution in [1.82, 2.24) is 14.1 Å². The maximum atomic E-state index is 11.4. The number of hydrogen-bond donors (Lipinski definition) is 3. The molecule has 1 atom stereocenters. The number of hydrogen-bond acceptors (Lipinski definition) is 8. The van der Waals surface area contributed by atoms with Crippen molar-refractivity contribution >= 4 is 56.3 Å². The summed E-state index contributed by atoms with van der Waals surface area (Å²) in [7, 11) is 0. The van der Waals surface area contributed by atoms with E-state index in [0.29, 0.717) is 22.1 Å². The van der Waals surface area contributed by atoms with Crippen molar-refractivity contribution in [2.24, 2.45) is 0 Å². The van der Waals surface area contributed by atoms with Crippen LogP contribution in [-0.2, 0) is 24.6 Å². The van der Waals surface area contributed by atoms with Crippen LogP contribution in [0.15, 0.2) is 83.3 Å². The molecule has 0 aliphatic heterocycles. The highest BCUT2D eigenvalue weighted by Gasteiger charge is 2.18. The molecule has 5 aromatic rings. The second-order valence-electron chi connectivity index (χ2n) is 9.15. The van der Waals surface area contributed by atoms with Crippen LogP contribution in [0.25, 0.3) is 22.2 Å². The van der Waals surface area contributed by atoms with Crippen molar-refractivity contribution in [3.8, 4) is 22.6 Å². The third-order valence-electron chi connectivity index (χ3n) is 6.39. The van der Waals surface area contributed by atoms with Gasteiger partial charge in [0.15, 0.2) is 0 Å². The van der Waals surface area contributed by atoms with Crippen molar-refractivity contribution in [2.75, 3.05) is 6.61 Å². The van der Waals surface area contributed by atoms with Gasteiger partial charge in [-0.3, -0.25) is 10.1 Å². The molecule has 1 aromatic heterocycles. The third-order valence-corrected chi connectivity index (χ3v) is 8.18. The SMILES string of the molecule is O=C(O)C(CO)NCc1cc(Cl)c(OCc2cccc(-c3ccccc3)c2Br)cc1OCc1ccc2nsnc2c1. The molecule has 11 heteroatoms. The fraction of sp³-hybridized carbons (Fsp3) is 0.167. The first-order valence-corrected chi connectivity index (χ1v) is 14.5. The predicted octanol–water partition coefficient (Wildman–Crippen LogP) is 6.47. The van der Waals surface area contributed by atoms with Crippen LogP contribution in [0.2, 0.25) is 5.02 Å². The van der Waals surface area contributed by atoms with Crippen LogP contribution in [0.1, 0.15) is 16.7 Å². The summed E-state index contributed by atoms with van der Waals surface area (Å²) in [5.41, 5.74) is 6.18. The molecule has 0 amide bonds. The zero-order valence-electron chi connectivity index (χ0n) is 21.6. The largest absolute Gasteiger partial charge is 0.488 e. The Bertz CT molecular complexity index is 1670. The number of halogens is 2. The quantitative estimate of drug-likeness (QED) is 0.140. The van der Waals surface area contributed by atoms with E-state index in [9.17, 15) is 15.0 Å². The van der Waals surface area contributed by atoms with Gasteiger partial charge in [-0.25, -0.2) is 0 Å². The number of ether oxygens (including phenoxy) is 2. The van der Waals surface area contributed by atoms with Crippen LogP contribution in [-0.4, -0.2) is 37.6 Å². The number of aliphatic hydroxyl groups is 1. The first-order valence-electron chi connectivity index (χ1n) is 12.6. The average molecular weight is 655 g/mol. The van der Waals surface area contributed by atoms with Crippen molar-refractivity contribution in [1.29, 1.82) is 0 Å². The van der Waals surface area contributed by atoms with Gasteiger partial charge in [0.05, 0.1) is 23.4 Å². The lowest BCUT2D eigenvalue weighted by molar-refractivity contribution is -0.140. The molecule has 3 N–H and O–H groups in total. The number of carboxylic acids is 1. The van der Waals surface area contributed by atoms with Crippen LogP contribution >= 0.6 is 39.3 Å². The number of nitrogens with one attached hydrogen (secondary N) is 1. The van der Waals surface area contributed by atoms with Crippen molar-refractivity contribution in [3.63, 3.8) is 0 Å². The first-order chi connectivity index (χ1) is 19.9. The van der Waals surface area contributed by atoms with E-state index in [-0.39, 0.29) is 19.8 Å². The van der Waals surface area contributed by atoms with E-state index in [1.54, 1.807) is 12.1 Å². The second kappa shape index (κ2) is 13.4. The standard InChI is InChI=1S/C30H25BrClN3O5S/c31-29-20(7-4-8-22(29)19-5-2-1-3-6-19)17-40-28-13-27(21(12-23(28)32)14-33-26(15-36)30(37)38)39-16-18-9-10-24-25(11-18)35-41-34-24/h1-13,26,33,36H,14-17H2,(H,37,38). The lowest BCUT2D eigenvalue weighted by atomic mass is 10.0. The molecule has 1 unspecified atom stereocenters. The van der Waals surface area contributed by atoms with Gasteiger partial charge in [-0.1, -0.05) is 66.2 Å². The van der Waals surface area contributed by atoms with E-state index in [4.69, 9.17) is 21.1 Å². The van der Waals surface area contributed by atoms with Gasteiger partial charge in [-0.05, 0) is 50.8 Å². The molecule has 4 aromatic carbocycles. The minimum Gasteiger partial charge on any atom is -0.488 e. The Hall–Kier alpha value is -3.54. The van der Waals surface area contributed by atoms with E-state index in [1.807, 2.05) is 66.7 Å². The molecule has 0 fully saturated rings. The van der Waals surface area contributed by atoms with E-state index in [0.717, 1.165) is 49.5 Å². The molecule has 5 rings (SSSR count). The van der Waals surface area contributed by atoms with Gasteiger partial charge in [0.25, 0.3) is 0 Å². The van der Waals surface area contributed by atoms with Gasteiger partial charge in [-0.15, -0.1) is 0 Å². The Morgan fingerprint density at radius 2 is 1.71 bits per heavy atom. The number of aromatic nitrogens is 2. The van der Waals surface area contributed by atoms with Crippen LogP contribution < -0.4 is 14.8 Å². The predicted molar refractivity (Wildman–Crippen MR) is 162 cm³/mol. The molecule has 0 aliphatic carbocycles. The van der Waals surface area contributed by atoms with Crippen molar-refractivity contribution in [3.05, 3.63) is 105 Å². The fourth-order valence-corrected chi connectivity index (χ4v) is 5.55. The molecule has 0 spiro atoms. The van der Waals surface area contributed by atoms with Gasteiger partial charge in [0.1, 0.15) is 41.8 Å². The zero-order valence-corrected chi connectivity index (χ0v) is 24.7. The first kappa shape index (κ1) is 29.0. The lowest BCUT2D eigenvalue weighted by Gasteiger charge is -2.18. The molecule has 0 saturated carbocycles. The van der Waals surface area contributed by atoms with Crippen LogP contribution in [0, 0.1) is 0 Å². The number of benzene rings is 4. The molecule has 41 heavy (non-hydrogen) atoms. The minimum absolute atomic E-state index is 0.104. The van der Waals surface area contributed by atoms with Gasteiger partial charge in [0, 0.05) is 28.2 Å². The Kier molecular flexibility index (Phi) is 9.48. The number of carbonyl (C=O) groups is 1. The summed E-state index contributed by atoms with van der Waals surface area (Å²) >= 11 is 11.5. The molecular weight excluding hydrogens is 630 g/mol. The number of aliphatic hydroxyl groups excluding tert-OH is 1. The van der Waals surface area contributed by atoms with E-state index in [2.05, 4.69) is 30.0 Å². The minimum atomic E-state index is -1.16. The highest BCUT2D eigenvalue weighted by atomic mass is 79.9. The normalized spacial score (nSPS) is 11.9. The van der Waals surface area contributed by atoms with Crippen LogP contribution in [0.3, 0.4) is 0 Å². The summed E-state index contributed by atoms with van der Waals surface area (Å²) < 4.78 is 21.8. The molecule has 0 aliphatic rings. The Morgan fingerprint density at radius 3 is 2.49 bits per heavy atom. The van der Waals surface area contributed by atoms with Gasteiger partial charge >= 0.3 is 5.97 Å². The molecular formula is C30H25BrClN3O5S. The molecule has 0 bridgehead atoms. The molecule has 8 nitrogen and oxygen atoms in total. The van der Waals surface area contributed by atoms with E-state index >= 15 is 0 Å². The molecule has 210 valence electrons. The smallest absolute Gasteiger partial charge is 0.323 e. The number of carboxylic acid groups (broad SMARTS) is 1. The van der Waals surface area contributed by atoms with Crippen LogP contribution in [0.5, 0.6) is 11.5 Å². The monoisotopic (exact) mass is 653 g/mol. The summed E-state index contributed by atoms with van der Waals surface area (Å²) in [4.78, 5) is 11.4. The maximum Gasteiger partial charge on any atom is 0.323 e. The molecule has 0 saturated heterocycles. The summed E-state index contributed by atoms with van der Waals surface area (Å²) in [6, 6.07) is 24.0. The summed E-state index contributed by atoms with van der Waals surface area (Å²) in [5.74, 6) is -0.277. The average Bonchev–Trinajstić information content (AvgIpc) is 3.45. The number of aliphatic carboxylic acids is 1. The number of rotatable bonds is 12. The summed E-state index contributed by atoms with van der Waals surface area (Å²) in [6.45, 7) is 0.0251. The van der Waals surface area contributed by atoms with Crippen molar-refractivity contribution in [2.45, 2.75) is 25.8 Å². The van der Waals surface area contributed by atoms with Gasteiger partial charge < -0.3 is 19.7 Å². The lowest BCUT2D eigenvalue weighted by Crippen LogP contribution is -2.39. The fourth-order valence-electron chi connectivity index (χ4n) is 4.19. The topological polar surface area (TPSA) is 114 Å². The molecule has 0 radical (unpaired) electrons. The summed E-state index contributed by atoms with van der Waals surface area (Å²) in [6.07, 6.45) is 0. The van der Waals surface area contributed by atoms with E-state index in [1.165, 1.54) is 0 Å². The zero-order chi connectivity index (χ0) is 28.8. The van der Waals surface area contributed by atoms with Crippen molar-refractivity contribution < 1.29 is 24.5 Å². The Morgan fingerprint density at radius 1 is 0.927 bits per heavy atom. The molecule has 1 heterocycles. The third kappa shape index (κ3) is 7.03. The van der Waals surface area contributed by atoms with Gasteiger partial charge in [0.2, 0.25) is 0 Å². The number of nitrogens with zero attached hydrogens (tertiary/aromatic N) is 2. The maximum absolute atomic E-state index is 11.4. The summed E-state index contributed by atoms with van der Waals surface area (Å²) in [5, 5.41) is 21.9. The second-order valence-corrected chi connectivity index (χ2v) is 10.9. The van der Waals surface area contributed by atoms with Crippen LogP contribution in [0.4, 0.5) is 0 Å². The van der Waals surface area contributed by atoms with Gasteiger partial charge in [-0.2, -0.15) is 8.75 Å². The highest BCUT2D eigenvalue weighted by molar-refractivity contribution is 9.10. The Balaban J connectivity index is 1.38.